The molecule has 2 atom stereocenters. The lowest BCUT2D eigenvalue weighted by Crippen LogP contribution is -2.44. The van der Waals surface area contributed by atoms with Crippen LogP contribution < -0.4 is 5.48 Å². The smallest absolute Gasteiger partial charge is 0.325 e. The van der Waals surface area contributed by atoms with Gasteiger partial charge in [-0.15, -0.1) is 0 Å². The molecule has 0 radical (unpaired) electrons. The van der Waals surface area contributed by atoms with Gasteiger partial charge in [-0.25, -0.2) is 0 Å². The molecule has 0 aliphatic heterocycles. The minimum atomic E-state index is -1.14. The molecule has 5 heteroatoms. The maximum Gasteiger partial charge on any atom is 0.325 e. The first-order chi connectivity index (χ1) is 4.59. The Balaban J connectivity index is 3.85. The highest BCUT2D eigenvalue weighted by Crippen LogP contribution is 1.91. The summed E-state index contributed by atoms with van der Waals surface area (Å²) < 4.78 is 0. The van der Waals surface area contributed by atoms with Crippen LogP contribution in [-0.2, 0) is 9.63 Å². The molecule has 0 unspecified atom stereocenters. The van der Waals surface area contributed by atoms with Gasteiger partial charge in [0.25, 0.3) is 0 Å². The minimum absolute atomic E-state index is 0.975. The molecule has 0 rings (SSSR count). The topological polar surface area (TPSA) is 78.8 Å². The lowest BCUT2D eigenvalue weighted by Gasteiger charge is -2.14. The number of rotatable bonds is 4. The van der Waals surface area contributed by atoms with E-state index in [1.807, 2.05) is 0 Å². The van der Waals surface area contributed by atoms with E-state index in [0.29, 0.717) is 0 Å². The molecule has 0 amide bonds. The van der Waals surface area contributed by atoms with Gasteiger partial charge in [-0.3, -0.25) is 4.79 Å². The van der Waals surface area contributed by atoms with Gasteiger partial charge in [0.2, 0.25) is 0 Å². The standard InChI is InChI=1S/C5H11NO4/c1-3(7)4(5(8)9)6-10-2/h3-4,6-7H,1-2H3,(H,8,9)/t3-,4+/m1/s1. The fraction of sp³-hybridized carbons (Fsp3) is 0.800. The Bertz CT molecular complexity index is 114. The summed E-state index contributed by atoms with van der Waals surface area (Å²) >= 11 is 0. The first kappa shape index (κ1) is 9.35. The van der Waals surface area contributed by atoms with Gasteiger partial charge >= 0.3 is 5.97 Å². The van der Waals surface area contributed by atoms with Gasteiger partial charge in [0.05, 0.1) is 13.2 Å². The molecule has 0 aliphatic rings. The van der Waals surface area contributed by atoms with Crippen molar-refractivity contribution in [3.8, 4) is 0 Å². The summed E-state index contributed by atoms with van der Waals surface area (Å²) in [5.74, 6) is -1.14. The highest BCUT2D eigenvalue weighted by Gasteiger charge is 2.21. The fourth-order valence-corrected chi connectivity index (χ4v) is 0.482. The SMILES string of the molecule is CON[C@H](C(=O)O)[C@@H](C)O. The number of nitrogens with one attached hydrogen (secondary N) is 1. The molecular weight excluding hydrogens is 138 g/mol. The summed E-state index contributed by atoms with van der Waals surface area (Å²) in [5.41, 5.74) is 2.13. The third-order valence-corrected chi connectivity index (χ3v) is 0.993. The molecule has 0 saturated heterocycles. The number of aliphatic hydroxyl groups excluding tert-OH is 1. The summed E-state index contributed by atoms with van der Waals surface area (Å²) in [5, 5.41) is 17.2. The zero-order chi connectivity index (χ0) is 8.15. The predicted molar refractivity (Wildman–Crippen MR) is 33.2 cm³/mol. The van der Waals surface area contributed by atoms with E-state index in [4.69, 9.17) is 10.2 Å². The van der Waals surface area contributed by atoms with Crippen LogP contribution in [0.5, 0.6) is 0 Å². The zero-order valence-corrected chi connectivity index (χ0v) is 5.87. The molecule has 0 spiro atoms. The van der Waals surface area contributed by atoms with E-state index in [9.17, 15) is 4.79 Å². The average molecular weight is 149 g/mol. The maximum absolute atomic E-state index is 10.2. The Morgan fingerprint density at radius 1 is 1.70 bits per heavy atom. The van der Waals surface area contributed by atoms with E-state index >= 15 is 0 Å². The summed E-state index contributed by atoms with van der Waals surface area (Å²) in [6.45, 7) is 1.37. The van der Waals surface area contributed by atoms with Crippen LogP contribution in [0, 0.1) is 0 Å². The molecule has 10 heavy (non-hydrogen) atoms. The second-order valence-electron chi connectivity index (χ2n) is 1.88. The second-order valence-corrected chi connectivity index (χ2v) is 1.88. The van der Waals surface area contributed by atoms with Crippen LogP contribution in [0.2, 0.25) is 0 Å². The number of carboxylic acid groups (broad SMARTS) is 1. The first-order valence-electron chi connectivity index (χ1n) is 2.79. The van der Waals surface area contributed by atoms with Crippen molar-refractivity contribution >= 4 is 5.97 Å². The largest absolute Gasteiger partial charge is 0.480 e. The predicted octanol–water partition coefficient (Wildman–Crippen LogP) is -1.03. The molecule has 0 saturated carbocycles. The molecule has 0 aromatic rings. The van der Waals surface area contributed by atoms with Crippen molar-refractivity contribution in [3.63, 3.8) is 0 Å². The summed E-state index contributed by atoms with van der Waals surface area (Å²) in [6.07, 6.45) is -0.975. The number of hydrogen-bond acceptors (Lipinski definition) is 4. The van der Waals surface area contributed by atoms with E-state index < -0.39 is 18.1 Å². The minimum Gasteiger partial charge on any atom is -0.480 e. The van der Waals surface area contributed by atoms with Gasteiger partial charge in [-0.2, -0.15) is 5.48 Å². The Hall–Kier alpha value is -0.650. The van der Waals surface area contributed by atoms with E-state index in [-0.39, 0.29) is 0 Å². The van der Waals surface area contributed by atoms with Gasteiger partial charge in [0.15, 0.2) is 6.04 Å². The Kier molecular flexibility index (Phi) is 3.94. The van der Waals surface area contributed by atoms with E-state index in [2.05, 4.69) is 10.3 Å². The third kappa shape index (κ3) is 2.77. The summed E-state index contributed by atoms with van der Waals surface area (Å²) in [4.78, 5) is 14.6. The molecule has 0 aromatic heterocycles. The van der Waals surface area contributed by atoms with Crippen LogP contribution in [0.4, 0.5) is 0 Å². The van der Waals surface area contributed by atoms with Gasteiger partial charge in [-0.1, -0.05) is 0 Å². The first-order valence-corrected chi connectivity index (χ1v) is 2.79. The molecule has 0 aliphatic carbocycles. The van der Waals surface area contributed by atoms with Crippen molar-refractivity contribution in [2.24, 2.45) is 0 Å². The van der Waals surface area contributed by atoms with Crippen LogP contribution in [0.25, 0.3) is 0 Å². The number of carboxylic acids is 1. The normalized spacial score (nSPS) is 16.3. The Morgan fingerprint density at radius 2 is 2.20 bits per heavy atom. The van der Waals surface area contributed by atoms with Gasteiger partial charge in [0.1, 0.15) is 0 Å². The van der Waals surface area contributed by atoms with Crippen molar-refractivity contribution in [2.45, 2.75) is 19.1 Å². The number of aliphatic carboxylic acids is 1. The quantitative estimate of drug-likeness (QED) is 0.445. The third-order valence-electron chi connectivity index (χ3n) is 0.993. The van der Waals surface area contributed by atoms with Crippen LogP contribution in [0.3, 0.4) is 0 Å². The molecule has 0 aromatic carbocycles. The Morgan fingerprint density at radius 3 is 2.30 bits per heavy atom. The van der Waals surface area contributed by atoms with Crippen molar-refractivity contribution in [1.82, 2.24) is 5.48 Å². The van der Waals surface area contributed by atoms with Crippen LogP contribution >= 0.6 is 0 Å². The van der Waals surface area contributed by atoms with Gasteiger partial charge < -0.3 is 15.1 Å². The number of carbonyl (C=O) groups is 1. The van der Waals surface area contributed by atoms with Crippen LogP contribution in [0.1, 0.15) is 6.92 Å². The summed E-state index contributed by atoms with van der Waals surface area (Å²) in [6, 6.07) is -1.06. The highest BCUT2D eigenvalue weighted by atomic mass is 16.6. The Labute approximate surface area is 58.6 Å². The molecule has 3 N–H and O–H groups in total. The zero-order valence-electron chi connectivity index (χ0n) is 5.87. The highest BCUT2D eigenvalue weighted by molar-refractivity contribution is 5.73. The lowest BCUT2D eigenvalue weighted by molar-refractivity contribution is -0.147. The molecular formula is C5H11NO4. The average Bonchev–Trinajstić information content (AvgIpc) is 1.81. The second kappa shape index (κ2) is 4.21. The monoisotopic (exact) mass is 149 g/mol. The van der Waals surface area contributed by atoms with Gasteiger partial charge in [-0.05, 0) is 6.92 Å². The molecule has 5 nitrogen and oxygen atoms in total. The van der Waals surface area contributed by atoms with Crippen molar-refractivity contribution in [2.75, 3.05) is 7.11 Å². The molecule has 60 valence electrons. The fourth-order valence-electron chi connectivity index (χ4n) is 0.482. The van der Waals surface area contributed by atoms with E-state index in [0.717, 1.165) is 0 Å². The summed E-state index contributed by atoms with van der Waals surface area (Å²) in [7, 11) is 1.29. The van der Waals surface area contributed by atoms with Crippen LogP contribution in [0.15, 0.2) is 0 Å². The van der Waals surface area contributed by atoms with Crippen LogP contribution in [-0.4, -0.2) is 35.4 Å². The van der Waals surface area contributed by atoms with E-state index in [1.165, 1.54) is 14.0 Å². The van der Waals surface area contributed by atoms with Gasteiger partial charge in [0, 0.05) is 0 Å². The van der Waals surface area contributed by atoms with Crippen molar-refractivity contribution < 1.29 is 19.8 Å². The molecule has 0 fully saturated rings. The van der Waals surface area contributed by atoms with Crippen molar-refractivity contribution in [1.29, 1.82) is 0 Å². The maximum atomic E-state index is 10.2. The lowest BCUT2D eigenvalue weighted by atomic mass is 10.2. The van der Waals surface area contributed by atoms with Crippen molar-refractivity contribution in [3.05, 3.63) is 0 Å². The molecule has 0 heterocycles. The van der Waals surface area contributed by atoms with E-state index in [1.54, 1.807) is 0 Å². The number of hydroxylamine groups is 1. The number of hydrogen-bond donors (Lipinski definition) is 3. The number of aliphatic hydroxyl groups is 1. The molecule has 0 bridgehead atoms.